The molecule has 1 saturated heterocycles. The summed E-state index contributed by atoms with van der Waals surface area (Å²) < 4.78 is 0. The Balaban J connectivity index is 1.67. The number of carbonyl (C=O) groups is 2. The van der Waals surface area contributed by atoms with Crippen LogP contribution >= 0.6 is 11.3 Å². The monoisotopic (exact) mass is 371 g/mol. The van der Waals surface area contributed by atoms with Gasteiger partial charge in [0, 0.05) is 25.6 Å². The molecule has 1 atom stereocenters. The number of amides is 2. The van der Waals surface area contributed by atoms with Gasteiger partial charge in [-0.3, -0.25) is 14.5 Å². The predicted molar refractivity (Wildman–Crippen MR) is 104 cm³/mol. The van der Waals surface area contributed by atoms with Crippen LogP contribution in [0.4, 0.5) is 0 Å². The zero-order valence-corrected chi connectivity index (χ0v) is 15.7. The van der Waals surface area contributed by atoms with Crippen LogP contribution in [0.15, 0.2) is 47.2 Å². The average Bonchev–Trinajstić information content (AvgIpc) is 3.30. The molecule has 26 heavy (non-hydrogen) atoms. The lowest BCUT2D eigenvalue weighted by atomic mass is 10.1. The van der Waals surface area contributed by atoms with Gasteiger partial charge < -0.3 is 10.6 Å². The number of rotatable bonds is 8. The van der Waals surface area contributed by atoms with Crippen molar-refractivity contribution >= 4 is 23.2 Å². The quantitative estimate of drug-likeness (QED) is 0.776. The lowest BCUT2D eigenvalue weighted by Crippen LogP contribution is -2.41. The minimum Gasteiger partial charge on any atom is -0.370 e. The summed E-state index contributed by atoms with van der Waals surface area (Å²) >= 11 is 1.69. The van der Waals surface area contributed by atoms with Crippen molar-refractivity contribution in [1.29, 1.82) is 0 Å². The molecule has 0 radical (unpaired) electrons. The molecule has 1 aromatic heterocycles. The van der Waals surface area contributed by atoms with Crippen LogP contribution in [0.2, 0.25) is 0 Å². The zero-order chi connectivity index (χ0) is 18.4. The number of nitrogens with two attached hydrogens (primary N) is 1. The smallest absolute Gasteiger partial charge is 0.237 e. The van der Waals surface area contributed by atoms with Gasteiger partial charge in [-0.25, -0.2) is 0 Å². The van der Waals surface area contributed by atoms with Crippen LogP contribution in [0.25, 0.3) is 0 Å². The van der Waals surface area contributed by atoms with Gasteiger partial charge in [-0.05, 0) is 47.3 Å². The Hall–Kier alpha value is -2.18. The van der Waals surface area contributed by atoms with Crippen LogP contribution in [-0.2, 0) is 16.1 Å². The first-order valence-corrected chi connectivity index (χ1v) is 9.94. The van der Waals surface area contributed by atoms with Crippen LogP contribution < -0.4 is 5.73 Å². The van der Waals surface area contributed by atoms with E-state index in [1.54, 1.807) is 16.2 Å². The normalized spacial score (nSPS) is 17.3. The van der Waals surface area contributed by atoms with Crippen molar-refractivity contribution in [2.75, 3.05) is 19.6 Å². The van der Waals surface area contributed by atoms with Gasteiger partial charge in [0.25, 0.3) is 0 Å². The SMILES string of the molecule is NC(=O)CCN(Cc1ccccc1)C(=O)CN1CCCC1c1ccsc1. The van der Waals surface area contributed by atoms with Gasteiger partial charge in [0.05, 0.1) is 6.54 Å². The minimum absolute atomic E-state index is 0.0530. The number of benzene rings is 1. The summed E-state index contributed by atoms with van der Waals surface area (Å²) in [6.45, 7) is 2.18. The summed E-state index contributed by atoms with van der Waals surface area (Å²) in [7, 11) is 0. The highest BCUT2D eigenvalue weighted by Gasteiger charge is 2.29. The molecular weight excluding hydrogens is 346 g/mol. The number of hydrogen-bond donors (Lipinski definition) is 1. The van der Waals surface area contributed by atoms with Gasteiger partial charge >= 0.3 is 0 Å². The highest BCUT2D eigenvalue weighted by Crippen LogP contribution is 2.32. The number of likely N-dealkylation sites (tertiary alicyclic amines) is 1. The number of carbonyl (C=O) groups excluding carboxylic acids is 2. The Morgan fingerprint density at radius 2 is 2.04 bits per heavy atom. The van der Waals surface area contributed by atoms with E-state index in [-0.39, 0.29) is 18.2 Å². The van der Waals surface area contributed by atoms with Gasteiger partial charge in [0.1, 0.15) is 0 Å². The summed E-state index contributed by atoms with van der Waals surface area (Å²) in [6, 6.07) is 12.3. The molecule has 3 rings (SSSR count). The largest absolute Gasteiger partial charge is 0.370 e. The lowest BCUT2D eigenvalue weighted by Gasteiger charge is -2.28. The first kappa shape index (κ1) is 18.6. The molecule has 2 aromatic rings. The second kappa shape index (κ2) is 8.96. The van der Waals surface area contributed by atoms with Gasteiger partial charge in [0.2, 0.25) is 11.8 Å². The Morgan fingerprint density at radius 1 is 1.23 bits per heavy atom. The fourth-order valence-electron chi connectivity index (χ4n) is 3.47. The third-order valence-corrected chi connectivity index (χ3v) is 5.53. The summed E-state index contributed by atoms with van der Waals surface area (Å²) in [4.78, 5) is 28.2. The van der Waals surface area contributed by atoms with Crippen molar-refractivity contribution in [3.8, 4) is 0 Å². The molecule has 1 aliphatic rings. The van der Waals surface area contributed by atoms with Gasteiger partial charge in [-0.2, -0.15) is 11.3 Å². The molecule has 0 aliphatic carbocycles. The molecule has 1 fully saturated rings. The predicted octanol–water partition coefficient (Wildman–Crippen LogP) is 2.79. The topological polar surface area (TPSA) is 66.6 Å². The second-order valence-electron chi connectivity index (χ2n) is 6.70. The van der Waals surface area contributed by atoms with Crippen molar-refractivity contribution in [3.63, 3.8) is 0 Å². The molecule has 5 nitrogen and oxygen atoms in total. The van der Waals surface area contributed by atoms with E-state index >= 15 is 0 Å². The highest BCUT2D eigenvalue weighted by atomic mass is 32.1. The Labute approximate surface area is 158 Å². The molecule has 1 aromatic carbocycles. The zero-order valence-electron chi connectivity index (χ0n) is 14.8. The fraction of sp³-hybridized carbons (Fsp3) is 0.400. The average molecular weight is 372 g/mol. The maximum absolute atomic E-state index is 13.0. The number of nitrogens with zero attached hydrogens (tertiary/aromatic N) is 2. The lowest BCUT2D eigenvalue weighted by molar-refractivity contribution is -0.133. The van der Waals surface area contributed by atoms with Gasteiger partial charge in [-0.15, -0.1) is 0 Å². The molecule has 2 amide bonds. The van der Waals surface area contributed by atoms with E-state index in [4.69, 9.17) is 5.73 Å². The van der Waals surface area contributed by atoms with Crippen LogP contribution in [0.1, 0.15) is 36.4 Å². The molecule has 0 spiro atoms. The van der Waals surface area contributed by atoms with Crippen molar-refractivity contribution < 1.29 is 9.59 Å². The number of thiophene rings is 1. The molecular formula is C20H25N3O2S. The summed E-state index contributed by atoms with van der Waals surface area (Å²) in [5.41, 5.74) is 7.65. The third-order valence-electron chi connectivity index (χ3n) is 4.83. The maximum atomic E-state index is 13.0. The molecule has 1 aliphatic heterocycles. The molecule has 0 saturated carbocycles. The molecule has 2 N–H and O–H groups in total. The van der Waals surface area contributed by atoms with Gasteiger partial charge in [0.15, 0.2) is 0 Å². The molecule has 1 unspecified atom stereocenters. The van der Waals surface area contributed by atoms with Crippen LogP contribution in [0, 0.1) is 0 Å². The summed E-state index contributed by atoms with van der Waals surface area (Å²) in [5, 5.41) is 4.25. The van der Waals surface area contributed by atoms with E-state index in [0.717, 1.165) is 24.9 Å². The molecule has 6 heteroatoms. The molecule has 138 valence electrons. The summed E-state index contributed by atoms with van der Waals surface area (Å²) in [5.74, 6) is -0.328. The minimum atomic E-state index is -0.381. The van der Waals surface area contributed by atoms with Crippen molar-refractivity contribution in [2.45, 2.75) is 31.8 Å². The number of hydrogen-bond acceptors (Lipinski definition) is 4. The van der Waals surface area contributed by atoms with E-state index in [9.17, 15) is 9.59 Å². The van der Waals surface area contributed by atoms with Crippen molar-refractivity contribution in [2.24, 2.45) is 5.73 Å². The van der Waals surface area contributed by atoms with Crippen molar-refractivity contribution in [1.82, 2.24) is 9.80 Å². The van der Waals surface area contributed by atoms with Crippen LogP contribution in [0.3, 0.4) is 0 Å². The van der Waals surface area contributed by atoms with Crippen molar-refractivity contribution in [3.05, 3.63) is 58.3 Å². The van der Waals surface area contributed by atoms with E-state index < -0.39 is 0 Å². The van der Waals surface area contributed by atoms with E-state index in [1.165, 1.54) is 5.56 Å². The Bertz CT molecular complexity index is 718. The van der Waals surface area contributed by atoms with Crippen LogP contribution in [0.5, 0.6) is 0 Å². The summed E-state index contributed by atoms with van der Waals surface area (Å²) in [6.07, 6.45) is 2.38. The second-order valence-corrected chi connectivity index (χ2v) is 7.48. The Kier molecular flexibility index (Phi) is 6.41. The third kappa shape index (κ3) is 4.93. The van der Waals surface area contributed by atoms with Gasteiger partial charge in [-0.1, -0.05) is 30.3 Å². The maximum Gasteiger partial charge on any atom is 0.237 e. The van der Waals surface area contributed by atoms with E-state index in [0.29, 0.717) is 25.7 Å². The first-order chi connectivity index (χ1) is 12.6. The standard InChI is InChI=1S/C20H25N3O2S/c21-19(24)8-11-23(13-16-5-2-1-3-6-16)20(25)14-22-10-4-7-18(22)17-9-12-26-15-17/h1-3,5-6,9,12,15,18H,4,7-8,10-11,13-14H2,(H2,21,24). The van der Waals surface area contributed by atoms with Crippen LogP contribution in [-0.4, -0.2) is 41.2 Å². The highest BCUT2D eigenvalue weighted by molar-refractivity contribution is 7.07. The Morgan fingerprint density at radius 3 is 2.73 bits per heavy atom. The van der Waals surface area contributed by atoms with E-state index in [1.807, 2.05) is 30.3 Å². The first-order valence-electron chi connectivity index (χ1n) is 8.99. The molecule has 2 heterocycles. The van der Waals surface area contributed by atoms with E-state index in [2.05, 4.69) is 21.7 Å². The number of primary amides is 1. The molecule has 0 bridgehead atoms. The fourth-order valence-corrected chi connectivity index (χ4v) is 4.18.